The Balaban J connectivity index is 2.20. The van der Waals surface area contributed by atoms with Crippen molar-refractivity contribution in [3.8, 4) is 5.88 Å². The van der Waals surface area contributed by atoms with Crippen LogP contribution in [-0.2, 0) is 9.53 Å². The van der Waals surface area contributed by atoms with Crippen molar-refractivity contribution in [3.63, 3.8) is 0 Å². The van der Waals surface area contributed by atoms with E-state index >= 15 is 0 Å². The second kappa shape index (κ2) is 6.38. The summed E-state index contributed by atoms with van der Waals surface area (Å²) in [5, 5.41) is 3.20. The number of nitrogens with zero attached hydrogens (tertiary/aromatic N) is 2. The predicted octanol–water partition coefficient (Wildman–Crippen LogP) is 0.431. The van der Waals surface area contributed by atoms with Crippen molar-refractivity contribution >= 4 is 11.8 Å². The van der Waals surface area contributed by atoms with E-state index in [1.165, 1.54) is 0 Å². The molecule has 1 aromatic rings. The van der Waals surface area contributed by atoms with E-state index < -0.39 is 0 Å². The first-order valence-electron chi connectivity index (χ1n) is 6.41. The van der Waals surface area contributed by atoms with Crippen LogP contribution in [0.2, 0.25) is 0 Å². The molecular weight excluding hydrogens is 246 g/mol. The first-order valence-corrected chi connectivity index (χ1v) is 6.41. The predicted molar refractivity (Wildman–Crippen MR) is 71.4 cm³/mol. The molecule has 1 unspecified atom stereocenters. The highest BCUT2D eigenvalue weighted by Crippen LogP contribution is 2.19. The average molecular weight is 265 g/mol. The number of ether oxygens (including phenoxy) is 2. The number of rotatable bonds is 4. The Morgan fingerprint density at radius 2 is 2.42 bits per heavy atom. The van der Waals surface area contributed by atoms with E-state index in [0.717, 1.165) is 12.4 Å². The van der Waals surface area contributed by atoms with Gasteiger partial charge in [-0.25, -0.2) is 4.79 Å². The van der Waals surface area contributed by atoms with Gasteiger partial charge < -0.3 is 19.7 Å². The zero-order valence-corrected chi connectivity index (χ0v) is 11.3. The lowest BCUT2D eigenvalue weighted by Crippen LogP contribution is -2.56. The number of anilines is 1. The van der Waals surface area contributed by atoms with Crippen LogP contribution >= 0.6 is 0 Å². The maximum absolute atomic E-state index is 12.0. The van der Waals surface area contributed by atoms with Crippen molar-refractivity contribution in [1.29, 1.82) is 0 Å². The van der Waals surface area contributed by atoms with Crippen molar-refractivity contribution in [2.45, 2.75) is 13.0 Å². The molecule has 1 atom stereocenters. The van der Waals surface area contributed by atoms with E-state index in [-0.39, 0.29) is 12.0 Å². The molecule has 19 heavy (non-hydrogen) atoms. The van der Waals surface area contributed by atoms with Gasteiger partial charge in [0, 0.05) is 25.7 Å². The number of carbonyl (C=O) groups excluding carboxylic acids is 1. The molecule has 1 aliphatic rings. The molecule has 0 aromatic carbocycles. The van der Waals surface area contributed by atoms with Crippen molar-refractivity contribution in [2.24, 2.45) is 0 Å². The van der Waals surface area contributed by atoms with Crippen molar-refractivity contribution in [3.05, 3.63) is 18.2 Å². The second-order valence-electron chi connectivity index (χ2n) is 4.20. The van der Waals surface area contributed by atoms with Gasteiger partial charge in [-0.2, -0.15) is 4.98 Å². The number of methoxy groups -OCH3 is 1. The van der Waals surface area contributed by atoms with Gasteiger partial charge >= 0.3 is 5.97 Å². The average Bonchev–Trinajstić information content (AvgIpc) is 2.47. The highest BCUT2D eigenvalue weighted by molar-refractivity contribution is 5.80. The summed E-state index contributed by atoms with van der Waals surface area (Å²) in [6.45, 7) is 4.28. The van der Waals surface area contributed by atoms with Crippen LogP contribution in [0.3, 0.4) is 0 Å². The third-order valence-corrected chi connectivity index (χ3v) is 3.01. The van der Waals surface area contributed by atoms with E-state index in [4.69, 9.17) is 9.47 Å². The number of pyridine rings is 1. The molecule has 2 heterocycles. The fourth-order valence-corrected chi connectivity index (χ4v) is 2.11. The zero-order valence-electron chi connectivity index (χ0n) is 11.3. The molecule has 2 rings (SSSR count). The molecule has 6 nitrogen and oxygen atoms in total. The zero-order chi connectivity index (χ0) is 13.7. The number of piperazine rings is 1. The Labute approximate surface area is 112 Å². The van der Waals surface area contributed by atoms with Gasteiger partial charge in [-0.05, 0) is 13.0 Å². The quantitative estimate of drug-likeness (QED) is 0.797. The fraction of sp³-hybridized carbons (Fsp3) is 0.538. The number of hydrogen-bond donors (Lipinski definition) is 1. The van der Waals surface area contributed by atoms with Gasteiger partial charge in [-0.1, -0.05) is 6.07 Å². The summed E-state index contributed by atoms with van der Waals surface area (Å²) in [5.41, 5.74) is 0. The largest absolute Gasteiger partial charge is 0.481 e. The summed E-state index contributed by atoms with van der Waals surface area (Å²) in [6.07, 6.45) is 0. The minimum absolute atomic E-state index is 0.223. The Hall–Kier alpha value is -1.82. The SMILES string of the molecule is CCOC(=O)C1CNCCN1c1cccc(OC)n1. The number of hydrogen-bond acceptors (Lipinski definition) is 6. The molecule has 104 valence electrons. The lowest BCUT2D eigenvalue weighted by atomic mass is 10.2. The van der Waals surface area contributed by atoms with E-state index in [0.29, 0.717) is 25.6 Å². The maximum Gasteiger partial charge on any atom is 0.330 e. The number of nitrogens with one attached hydrogen (secondary N) is 1. The summed E-state index contributed by atoms with van der Waals surface area (Å²) in [6, 6.07) is 5.18. The topological polar surface area (TPSA) is 63.7 Å². The third-order valence-electron chi connectivity index (χ3n) is 3.01. The molecule has 0 amide bonds. The van der Waals surface area contributed by atoms with E-state index in [2.05, 4.69) is 10.3 Å². The lowest BCUT2D eigenvalue weighted by Gasteiger charge is -2.35. The summed E-state index contributed by atoms with van der Waals surface area (Å²) in [4.78, 5) is 18.3. The Bertz CT molecular complexity index is 439. The van der Waals surface area contributed by atoms with Crippen LogP contribution in [0.1, 0.15) is 6.92 Å². The molecule has 0 radical (unpaired) electrons. The van der Waals surface area contributed by atoms with Crippen molar-refractivity contribution in [1.82, 2.24) is 10.3 Å². The van der Waals surface area contributed by atoms with Gasteiger partial charge in [0.1, 0.15) is 11.9 Å². The molecule has 0 saturated carbocycles. The smallest absolute Gasteiger partial charge is 0.330 e. The molecule has 0 bridgehead atoms. The van der Waals surface area contributed by atoms with Crippen LogP contribution in [0, 0.1) is 0 Å². The molecule has 0 spiro atoms. The third kappa shape index (κ3) is 3.14. The highest BCUT2D eigenvalue weighted by Gasteiger charge is 2.30. The maximum atomic E-state index is 12.0. The van der Waals surface area contributed by atoms with Crippen molar-refractivity contribution in [2.75, 3.05) is 38.3 Å². The van der Waals surface area contributed by atoms with Crippen LogP contribution < -0.4 is 15.0 Å². The van der Waals surface area contributed by atoms with Gasteiger partial charge in [-0.3, -0.25) is 0 Å². The van der Waals surface area contributed by atoms with Gasteiger partial charge in [0.25, 0.3) is 0 Å². The first kappa shape index (κ1) is 13.6. The minimum atomic E-state index is -0.340. The van der Waals surface area contributed by atoms with Crippen LogP contribution in [-0.4, -0.2) is 50.3 Å². The summed E-state index contributed by atoms with van der Waals surface area (Å²) < 4.78 is 10.2. The summed E-state index contributed by atoms with van der Waals surface area (Å²) >= 11 is 0. The number of aromatic nitrogens is 1. The molecule has 6 heteroatoms. The molecular formula is C13H19N3O3. The Kier molecular flexibility index (Phi) is 4.57. The monoisotopic (exact) mass is 265 g/mol. The van der Waals surface area contributed by atoms with Crippen LogP contribution in [0.25, 0.3) is 0 Å². The van der Waals surface area contributed by atoms with Gasteiger partial charge in [0.2, 0.25) is 5.88 Å². The van der Waals surface area contributed by atoms with Crippen molar-refractivity contribution < 1.29 is 14.3 Å². The van der Waals surface area contributed by atoms with E-state index in [1.807, 2.05) is 24.0 Å². The van der Waals surface area contributed by atoms with Gasteiger partial charge in [-0.15, -0.1) is 0 Å². The Morgan fingerprint density at radius 1 is 1.58 bits per heavy atom. The van der Waals surface area contributed by atoms with Gasteiger partial charge in [0.05, 0.1) is 13.7 Å². The van der Waals surface area contributed by atoms with Gasteiger partial charge in [0.15, 0.2) is 0 Å². The lowest BCUT2D eigenvalue weighted by molar-refractivity contribution is -0.144. The number of esters is 1. The molecule has 1 fully saturated rings. The summed E-state index contributed by atoms with van der Waals surface area (Å²) in [7, 11) is 1.58. The van der Waals surface area contributed by atoms with Crippen LogP contribution in [0.5, 0.6) is 5.88 Å². The number of carbonyl (C=O) groups is 1. The highest BCUT2D eigenvalue weighted by atomic mass is 16.5. The molecule has 1 N–H and O–H groups in total. The first-order chi connectivity index (χ1) is 9.26. The van der Waals surface area contributed by atoms with E-state index in [9.17, 15) is 4.79 Å². The fourth-order valence-electron chi connectivity index (χ4n) is 2.11. The van der Waals surface area contributed by atoms with Crippen LogP contribution in [0.4, 0.5) is 5.82 Å². The Morgan fingerprint density at radius 3 is 3.16 bits per heavy atom. The minimum Gasteiger partial charge on any atom is -0.481 e. The van der Waals surface area contributed by atoms with Crippen LogP contribution in [0.15, 0.2) is 18.2 Å². The summed E-state index contributed by atoms with van der Waals surface area (Å²) in [5.74, 6) is 1.05. The normalized spacial score (nSPS) is 19.1. The molecule has 1 saturated heterocycles. The van der Waals surface area contributed by atoms with E-state index in [1.54, 1.807) is 13.2 Å². The molecule has 0 aliphatic carbocycles. The second-order valence-corrected chi connectivity index (χ2v) is 4.20. The molecule has 1 aromatic heterocycles. The standard InChI is InChI=1S/C13H19N3O3/c1-3-19-13(17)10-9-14-7-8-16(10)11-5-4-6-12(15-11)18-2/h4-6,10,14H,3,7-9H2,1-2H3. The molecule has 1 aliphatic heterocycles.